The van der Waals surface area contributed by atoms with E-state index in [1.54, 1.807) is 31.6 Å². The normalized spacial score (nSPS) is 12.0. The Labute approximate surface area is 132 Å². The van der Waals surface area contributed by atoms with Gasteiger partial charge in [0.25, 0.3) is 0 Å². The van der Waals surface area contributed by atoms with E-state index in [2.05, 4.69) is 18.8 Å². The zero-order valence-corrected chi connectivity index (χ0v) is 14.0. The third-order valence-electron chi connectivity index (χ3n) is 3.72. The average Bonchev–Trinajstić information content (AvgIpc) is 2.53. The molecule has 1 aromatic heterocycles. The standard InChI is InChI=1S/C17H22N2O2S/c1-14(2)16-4-6-17(7-5-16)22(20,21)19(3)13-10-15-8-11-18-12-9-15/h4-9,11-12,14H,10,13H2,1-3H3. The summed E-state index contributed by atoms with van der Waals surface area (Å²) in [4.78, 5) is 4.30. The van der Waals surface area contributed by atoms with Gasteiger partial charge >= 0.3 is 0 Å². The van der Waals surface area contributed by atoms with E-state index < -0.39 is 10.0 Å². The number of benzene rings is 1. The van der Waals surface area contributed by atoms with Crippen molar-refractivity contribution >= 4 is 10.0 Å². The second-order valence-corrected chi connectivity index (χ2v) is 7.70. The van der Waals surface area contributed by atoms with E-state index in [4.69, 9.17) is 0 Å². The van der Waals surface area contributed by atoms with Crippen molar-refractivity contribution in [2.75, 3.05) is 13.6 Å². The molecule has 0 saturated heterocycles. The maximum Gasteiger partial charge on any atom is 0.242 e. The van der Waals surface area contributed by atoms with Crippen LogP contribution in [0.1, 0.15) is 30.9 Å². The molecule has 0 unspecified atom stereocenters. The number of rotatable bonds is 6. The number of sulfonamides is 1. The number of pyridine rings is 1. The minimum atomic E-state index is -3.43. The maximum atomic E-state index is 12.5. The van der Waals surface area contributed by atoms with Crippen molar-refractivity contribution in [3.05, 3.63) is 59.9 Å². The molecule has 0 amide bonds. The summed E-state index contributed by atoms with van der Waals surface area (Å²) in [5.74, 6) is 0.390. The lowest BCUT2D eigenvalue weighted by Gasteiger charge is -2.17. The molecule has 0 aliphatic heterocycles. The molecule has 0 atom stereocenters. The molecule has 1 aromatic carbocycles. The van der Waals surface area contributed by atoms with Crippen molar-refractivity contribution in [1.82, 2.24) is 9.29 Å². The van der Waals surface area contributed by atoms with Crippen LogP contribution in [0.15, 0.2) is 53.7 Å². The Kier molecular flexibility index (Phi) is 5.32. The molecule has 0 bridgehead atoms. The number of hydrogen-bond donors (Lipinski definition) is 0. The van der Waals surface area contributed by atoms with Crippen LogP contribution in [-0.4, -0.2) is 31.3 Å². The van der Waals surface area contributed by atoms with Crippen LogP contribution in [0.2, 0.25) is 0 Å². The average molecular weight is 318 g/mol. The molecule has 0 fully saturated rings. The lowest BCUT2D eigenvalue weighted by atomic mass is 10.0. The third-order valence-corrected chi connectivity index (χ3v) is 5.59. The van der Waals surface area contributed by atoms with Crippen molar-refractivity contribution in [2.24, 2.45) is 0 Å². The molecule has 0 N–H and O–H groups in total. The highest BCUT2D eigenvalue weighted by molar-refractivity contribution is 7.89. The Morgan fingerprint density at radius 2 is 1.64 bits per heavy atom. The number of likely N-dealkylation sites (N-methyl/N-ethyl adjacent to an activating group) is 1. The summed E-state index contributed by atoms with van der Waals surface area (Å²) in [5.41, 5.74) is 2.21. The summed E-state index contributed by atoms with van der Waals surface area (Å²) in [6, 6.07) is 10.9. The summed E-state index contributed by atoms with van der Waals surface area (Å²) >= 11 is 0. The molecule has 0 radical (unpaired) electrons. The van der Waals surface area contributed by atoms with Gasteiger partial charge in [-0.05, 0) is 47.7 Å². The number of aromatic nitrogens is 1. The SMILES string of the molecule is CC(C)c1ccc(S(=O)(=O)N(C)CCc2ccncc2)cc1. The van der Waals surface area contributed by atoms with Crippen LogP contribution in [0.5, 0.6) is 0 Å². The molecular formula is C17H22N2O2S. The first-order chi connectivity index (χ1) is 10.4. The quantitative estimate of drug-likeness (QED) is 0.822. The molecule has 1 heterocycles. The van der Waals surface area contributed by atoms with Gasteiger partial charge in [0.05, 0.1) is 4.90 Å². The molecule has 118 valence electrons. The van der Waals surface area contributed by atoms with E-state index in [0.717, 1.165) is 11.1 Å². The fourth-order valence-corrected chi connectivity index (χ4v) is 3.33. The first kappa shape index (κ1) is 16.6. The summed E-state index contributed by atoms with van der Waals surface area (Å²) in [5, 5.41) is 0. The van der Waals surface area contributed by atoms with E-state index in [9.17, 15) is 8.42 Å². The zero-order valence-electron chi connectivity index (χ0n) is 13.2. The van der Waals surface area contributed by atoms with Gasteiger partial charge in [0.15, 0.2) is 0 Å². The van der Waals surface area contributed by atoms with Gasteiger partial charge in [-0.15, -0.1) is 0 Å². The zero-order chi connectivity index (χ0) is 16.2. The molecule has 22 heavy (non-hydrogen) atoms. The second-order valence-electron chi connectivity index (χ2n) is 5.66. The Morgan fingerprint density at radius 1 is 1.05 bits per heavy atom. The van der Waals surface area contributed by atoms with E-state index in [0.29, 0.717) is 23.8 Å². The maximum absolute atomic E-state index is 12.5. The van der Waals surface area contributed by atoms with E-state index in [1.165, 1.54) is 4.31 Å². The van der Waals surface area contributed by atoms with E-state index in [-0.39, 0.29) is 0 Å². The molecule has 5 heteroatoms. The molecule has 0 aliphatic carbocycles. The van der Waals surface area contributed by atoms with Crippen molar-refractivity contribution in [3.63, 3.8) is 0 Å². The second kappa shape index (κ2) is 7.03. The molecule has 4 nitrogen and oxygen atoms in total. The van der Waals surface area contributed by atoms with Gasteiger partial charge in [-0.25, -0.2) is 12.7 Å². The van der Waals surface area contributed by atoms with Crippen LogP contribution < -0.4 is 0 Å². The van der Waals surface area contributed by atoms with Crippen molar-refractivity contribution < 1.29 is 8.42 Å². The van der Waals surface area contributed by atoms with Gasteiger partial charge in [0.1, 0.15) is 0 Å². The fourth-order valence-electron chi connectivity index (χ4n) is 2.16. The van der Waals surface area contributed by atoms with Crippen LogP contribution in [0, 0.1) is 0 Å². The van der Waals surface area contributed by atoms with Gasteiger partial charge in [-0.3, -0.25) is 4.98 Å². The highest BCUT2D eigenvalue weighted by Gasteiger charge is 2.20. The van der Waals surface area contributed by atoms with Gasteiger partial charge in [-0.2, -0.15) is 0 Å². The van der Waals surface area contributed by atoms with Crippen LogP contribution in [0.4, 0.5) is 0 Å². The number of hydrogen-bond acceptors (Lipinski definition) is 3. The van der Waals surface area contributed by atoms with Gasteiger partial charge in [0, 0.05) is 26.0 Å². The van der Waals surface area contributed by atoms with Crippen LogP contribution in [0.25, 0.3) is 0 Å². The lowest BCUT2D eigenvalue weighted by molar-refractivity contribution is 0.472. The van der Waals surface area contributed by atoms with Crippen LogP contribution in [-0.2, 0) is 16.4 Å². The molecule has 2 rings (SSSR count). The van der Waals surface area contributed by atoms with Crippen molar-refractivity contribution in [3.8, 4) is 0 Å². The summed E-state index contributed by atoms with van der Waals surface area (Å²) in [6.45, 7) is 4.62. The minimum Gasteiger partial charge on any atom is -0.265 e. The summed E-state index contributed by atoms with van der Waals surface area (Å²) in [7, 11) is -1.82. The van der Waals surface area contributed by atoms with Crippen molar-refractivity contribution in [2.45, 2.75) is 31.1 Å². The molecule has 0 spiro atoms. The molecule has 2 aromatic rings. The molecular weight excluding hydrogens is 296 g/mol. The van der Waals surface area contributed by atoms with E-state index in [1.807, 2.05) is 24.3 Å². The summed E-state index contributed by atoms with van der Waals surface area (Å²) < 4.78 is 26.5. The van der Waals surface area contributed by atoms with E-state index >= 15 is 0 Å². The Morgan fingerprint density at radius 3 is 2.18 bits per heavy atom. The third kappa shape index (κ3) is 3.93. The van der Waals surface area contributed by atoms with Gasteiger partial charge in [-0.1, -0.05) is 26.0 Å². The highest BCUT2D eigenvalue weighted by atomic mass is 32.2. The largest absolute Gasteiger partial charge is 0.265 e. The first-order valence-corrected chi connectivity index (χ1v) is 8.80. The van der Waals surface area contributed by atoms with Gasteiger partial charge in [0.2, 0.25) is 10.0 Å². The predicted molar refractivity (Wildman–Crippen MR) is 88.3 cm³/mol. The monoisotopic (exact) mass is 318 g/mol. The van der Waals surface area contributed by atoms with Crippen molar-refractivity contribution in [1.29, 1.82) is 0 Å². The highest BCUT2D eigenvalue weighted by Crippen LogP contribution is 2.19. The topological polar surface area (TPSA) is 50.3 Å². The minimum absolute atomic E-state index is 0.342. The summed E-state index contributed by atoms with van der Waals surface area (Å²) in [6.07, 6.45) is 4.10. The fraction of sp³-hybridized carbons (Fsp3) is 0.353. The molecule has 0 aliphatic rings. The Balaban J connectivity index is 2.08. The first-order valence-electron chi connectivity index (χ1n) is 7.36. The lowest BCUT2D eigenvalue weighted by Crippen LogP contribution is -2.29. The number of nitrogens with zero attached hydrogens (tertiary/aromatic N) is 2. The molecule has 0 saturated carbocycles. The Hall–Kier alpha value is -1.72. The van der Waals surface area contributed by atoms with Crippen LogP contribution in [0.3, 0.4) is 0 Å². The van der Waals surface area contributed by atoms with Crippen LogP contribution >= 0.6 is 0 Å². The van der Waals surface area contributed by atoms with Gasteiger partial charge < -0.3 is 0 Å². The Bertz CT molecular complexity index is 695. The smallest absolute Gasteiger partial charge is 0.242 e. The predicted octanol–water partition coefficient (Wildman–Crippen LogP) is 3.07.